The summed E-state index contributed by atoms with van der Waals surface area (Å²) in [6.45, 7) is 4.60. The standard InChI is InChI=1S/C13H20OSi/c1-12-7-6-10-15(2,14-12)11-13-8-4-3-5-9-13/h3-5,8-9,12H,6-7,10-11H2,1-2H3. The maximum absolute atomic E-state index is 6.22. The third-order valence-corrected chi connectivity index (χ3v) is 6.76. The number of hydrogen-bond donors (Lipinski definition) is 0. The molecule has 0 amide bonds. The van der Waals surface area contributed by atoms with Gasteiger partial charge in [-0.2, -0.15) is 0 Å². The van der Waals surface area contributed by atoms with Gasteiger partial charge in [-0.3, -0.25) is 0 Å². The first-order valence-corrected chi connectivity index (χ1v) is 8.72. The van der Waals surface area contributed by atoms with Gasteiger partial charge in [-0.15, -0.1) is 0 Å². The fraction of sp³-hybridized carbons (Fsp3) is 0.538. The molecule has 1 aromatic rings. The van der Waals surface area contributed by atoms with Crippen molar-refractivity contribution in [3.05, 3.63) is 35.9 Å². The Labute approximate surface area is 93.6 Å². The van der Waals surface area contributed by atoms with Crippen LogP contribution in [-0.2, 0) is 10.5 Å². The van der Waals surface area contributed by atoms with E-state index in [9.17, 15) is 0 Å². The third-order valence-electron chi connectivity index (χ3n) is 3.22. The lowest BCUT2D eigenvalue weighted by atomic mass is 10.2. The van der Waals surface area contributed by atoms with Crippen LogP contribution in [0.2, 0.25) is 12.6 Å². The second kappa shape index (κ2) is 4.50. The van der Waals surface area contributed by atoms with Crippen molar-refractivity contribution in [1.29, 1.82) is 0 Å². The normalized spacial score (nSPS) is 31.5. The van der Waals surface area contributed by atoms with E-state index in [0.29, 0.717) is 6.10 Å². The summed E-state index contributed by atoms with van der Waals surface area (Å²) in [7, 11) is -1.44. The minimum absolute atomic E-state index is 0.485. The first kappa shape index (κ1) is 10.9. The molecular weight excluding hydrogens is 200 g/mol. The number of benzene rings is 1. The van der Waals surface area contributed by atoms with E-state index < -0.39 is 8.32 Å². The predicted molar refractivity (Wildman–Crippen MR) is 66.4 cm³/mol. The van der Waals surface area contributed by atoms with E-state index in [1.807, 2.05) is 0 Å². The molecule has 1 aromatic carbocycles. The molecule has 0 N–H and O–H groups in total. The van der Waals surface area contributed by atoms with Gasteiger partial charge in [-0.05, 0) is 37.5 Å². The van der Waals surface area contributed by atoms with Gasteiger partial charge in [0.15, 0.2) is 8.32 Å². The van der Waals surface area contributed by atoms with Crippen molar-refractivity contribution in [1.82, 2.24) is 0 Å². The van der Waals surface area contributed by atoms with Gasteiger partial charge in [0, 0.05) is 6.10 Å². The van der Waals surface area contributed by atoms with E-state index in [2.05, 4.69) is 43.8 Å². The minimum atomic E-state index is -1.44. The molecule has 1 aliphatic rings. The number of hydrogen-bond acceptors (Lipinski definition) is 1. The second-order valence-electron chi connectivity index (χ2n) is 4.93. The van der Waals surface area contributed by atoms with Gasteiger partial charge in [-0.1, -0.05) is 36.8 Å². The largest absolute Gasteiger partial charge is 0.414 e. The predicted octanol–water partition coefficient (Wildman–Crippen LogP) is 3.54. The molecule has 0 saturated carbocycles. The van der Waals surface area contributed by atoms with Gasteiger partial charge in [0.05, 0.1) is 0 Å². The lowest BCUT2D eigenvalue weighted by Gasteiger charge is -2.35. The maximum Gasteiger partial charge on any atom is 0.194 e. The Morgan fingerprint density at radius 3 is 2.73 bits per heavy atom. The summed E-state index contributed by atoms with van der Waals surface area (Å²) in [5.74, 6) is 0. The summed E-state index contributed by atoms with van der Waals surface area (Å²) in [6.07, 6.45) is 3.09. The summed E-state index contributed by atoms with van der Waals surface area (Å²) in [5.41, 5.74) is 1.45. The van der Waals surface area contributed by atoms with Crippen LogP contribution in [0.5, 0.6) is 0 Å². The van der Waals surface area contributed by atoms with Gasteiger partial charge < -0.3 is 4.43 Å². The molecule has 2 atom stereocenters. The molecule has 82 valence electrons. The highest BCUT2D eigenvalue weighted by Gasteiger charge is 2.34. The molecule has 0 aromatic heterocycles. The highest BCUT2D eigenvalue weighted by atomic mass is 28.4. The fourth-order valence-corrected chi connectivity index (χ4v) is 6.04. The zero-order chi connectivity index (χ0) is 10.7. The van der Waals surface area contributed by atoms with Crippen molar-refractivity contribution in [3.63, 3.8) is 0 Å². The first-order valence-electron chi connectivity index (χ1n) is 5.90. The molecule has 1 saturated heterocycles. The number of rotatable bonds is 2. The van der Waals surface area contributed by atoms with Crippen molar-refractivity contribution in [2.45, 2.75) is 44.5 Å². The highest BCUT2D eigenvalue weighted by molar-refractivity contribution is 6.72. The quantitative estimate of drug-likeness (QED) is 0.693. The molecule has 2 rings (SSSR count). The van der Waals surface area contributed by atoms with E-state index in [0.717, 1.165) is 0 Å². The molecule has 0 aliphatic carbocycles. The first-order chi connectivity index (χ1) is 7.18. The van der Waals surface area contributed by atoms with Gasteiger partial charge >= 0.3 is 0 Å². The van der Waals surface area contributed by atoms with Crippen LogP contribution >= 0.6 is 0 Å². The average Bonchev–Trinajstić information content (AvgIpc) is 2.18. The fourth-order valence-electron chi connectivity index (χ4n) is 2.52. The Bertz CT molecular complexity index is 312. The van der Waals surface area contributed by atoms with Crippen LogP contribution in [0.1, 0.15) is 25.3 Å². The van der Waals surface area contributed by atoms with Gasteiger partial charge in [-0.25, -0.2) is 0 Å². The van der Waals surface area contributed by atoms with Crippen molar-refractivity contribution in [3.8, 4) is 0 Å². The summed E-state index contributed by atoms with van der Waals surface area (Å²) < 4.78 is 6.22. The van der Waals surface area contributed by atoms with Crippen molar-refractivity contribution in [2.24, 2.45) is 0 Å². The lowest BCUT2D eigenvalue weighted by Crippen LogP contribution is -2.43. The Morgan fingerprint density at radius 2 is 2.07 bits per heavy atom. The summed E-state index contributed by atoms with van der Waals surface area (Å²) in [6, 6.07) is 13.3. The Kier molecular flexibility index (Phi) is 3.27. The molecule has 0 radical (unpaired) electrons. The molecular formula is C13H20OSi. The molecule has 1 nitrogen and oxygen atoms in total. The van der Waals surface area contributed by atoms with Crippen molar-refractivity contribution in [2.75, 3.05) is 0 Å². The Balaban J connectivity index is 2.04. The molecule has 15 heavy (non-hydrogen) atoms. The molecule has 1 aliphatic heterocycles. The molecule has 0 spiro atoms. The van der Waals surface area contributed by atoms with Crippen LogP contribution in [0.15, 0.2) is 30.3 Å². The van der Waals surface area contributed by atoms with Crippen LogP contribution in [0.4, 0.5) is 0 Å². The summed E-state index contributed by atoms with van der Waals surface area (Å²) >= 11 is 0. The monoisotopic (exact) mass is 220 g/mol. The SMILES string of the molecule is CC1CCC[Si](C)(Cc2ccccc2)O1. The lowest BCUT2D eigenvalue weighted by molar-refractivity contribution is 0.175. The second-order valence-corrected chi connectivity index (χ2v) is 8.92. The van der Waals surface area contributed by atoms with E-state index in [4.69, 9.17) is 4.43 Å². The summed E-state index contributed by atoms with van der Waals surface area (Å²) in [5, 5.41) is 0. The van der Waals surface area contributed by atoms with E-state index in [-0.39, 0.29) is 0 Å². The minimum Gasteiger partial charge on any atom is -0.414 e. The highest BCUT2D eigenvalue weighted by Crippen LogP contribution is 2.28. The van der Waals surface area contributed by atoms with Gasteiger partial charge in [0.1, 0.15) is 0 Å². The maximum atomic E-state index is 6.22. The van der Waals surface area contributed by atoms with Crippen LogP contribution in [-0.4, -0.2) is 14.4 Å². The molecule has 1 heterocycles. The zero-order valence-electron chi connectivity index (χ0n) is 9.70. The Hall–Kier alpha value is -0.603. The van der Waals surface area contributed by atoms with Crippen LogP contribution in [0.3, 0.4) is 0 Å². The third kappa shape index (κ3) is 2.92. The Morgan fingerprint density at radius 1 is 1.33 bits per heavy atom. The summed E-state index contributed by atoms with van der Waals surface area (Å²) in [4.78, 5) is 0. The molecule has 1 fully saturated rings. The van der Waals surface area contributed by atoms with Gasteiger partial charge in [0.2, 0.25) is 0 Å². The molecule has 2 heteroatoms. The van der Waals surface area contributed by atoms with Crippen LogP contribution in [0.25, 0.3) is 0 Å². The van der Waals surface area contributed by atoms with Crippen LogP contribution < -0.4 is 0 Å². The van der Waals surface area contributed by atoms with E-state index in [1.54, 1.807) is 0 Å². The van der Waals surface area contributed by atoms with Crippen LogP contribution in [0, 0.1) is 0 Å². The topological polar surface area (TPSA) is 9.23 Å². The van der Waals surface area contributed by atoms with Crippen molar-refractivity contribution >= 4 is 8.32 Å². The molecule has 0 bridgehead atoms. The smallest absolute Gasteiger partial charge is 0.194 e. The van der Waals surface area contributed by atoms with Crippen molar-refractivity contribution < 1.29 is 4.43 Å². The average molecular weight is 220 g/mol. The van der Waals surface area contributed by atoms with E-state index >= 15 is 0 Å². The van der Waals surface area contributed by atoms with E-state index in [1.165, 1.54) is 30.5 Å². The van der Waals surface area contributed by atoms with Gasteiger partial charge in [0.25, 0.3) is 0 Å². The molecule has 2 unspecified atom stereocenters. The zero-order valence-corrected chi connectivity index (χ0v) is 10.7.